The second kappa shape index (κ2) is 5.10. The average Bonchev–Trinajstić information content (AvgIpc) is 2.47. The molecular weight excluding hydrogens is 294 g/mol. The Morgan fingerprint density at radius 1 is 1.28 bits per heavy atom. The molecular formula is C14H20BrNO2. The van der Waals surface area contributed by atoms with Gasteiger partial charge in [-0.15, -0.1) is 0 Å². The molecule has 0 saturated heterocycles. The summed E-state index contributed by atoms with van der Waals surface area (Å²) in [4.78, 5) is 0. The highest BCUT2D eigenvalue weighted by Gasteiger charge is 2.26. The molecule has 0 fully saturated rings. The van der Waals surface area contributed by atoms with Gasteiger partial charge >= 0.3 is 0 Å². The van der Waals surface area contributed by atoms with Crippen LogP contribution in [0.5, 0.6) is 11.5 Å². The van der Waals surface area contributed by atoms with Gasteiger partial charge in [0.2, 0.25) is 0 Å². The number of hydrogen-bond acceptors (Lipinski definition) is 3. The Morgan fingerprint density at radius 2 is 1.83 bits per heavy atom. The van der Waals surface area contributed by atoms with Crippen LogP contribution in [0.1, 0.15) is 32.3 Å². The van der Waals surface area contributed by atoms with E-state index < -0.39 is 0 Å². The van der Waals surface area contributed by atoms with Crippen molar-refractivity contribution in [2.24, 2.45) is 11.1 Å². The van der Waals surface area contributed by atoms with Gasteiger partial charge in [-0.3, -0.25) is 0 Å². The van der Waals surface area contributed by atoms with Crippen molar-refractivity contribution in [2.45, 2.75) is 26.7 Å². The molecule has 1 aliphatic rings. The summed E-state index contributed by atoms with van der Waals surface area (Å²) in [5.41, 5.74) is 6.93. The quantitative estimate of drug-likeness (QED) is 0.911. The van der Waals surface area contributed by atoms with Gasteiger partial charge in [0.15, 0.2) is 11.5 Å². The van der Waals surface area contributed by atoms with E-state index in [0.717, 1.165) is 16.0 Å². The van der Waals surface area contributed by atoms with Gasteiger partial charge in [0, 0.05) is 9.89 Å². The Hall–Kier alpha value is -0.740. The lowest BCUT2D eigenvalue weighted by atomic mass is 9.97. The number of fused-ring (bicyclic) bond motifs is 1. The van der Waals surface area contributed by atoms with Gasteiger partial charge in [0.25, 0.3) is 0 Å². The zero-order valence-electron chi connectivity index (χ0n) is 11.1. The number of hydrogen-bond donors (Lipinski definition) is 1. The molecule has 1 aromatic rings. The summed E-state index contributed by atoms with van der Waals surface area (Å²) in [5, 5.41) is 0. The van der Waals surface area contributed by atoms with Crippen LogP contribution in [0.25, 0.3) is 0 Å². The number of nitrogens with two attached hydrogens (primary N) is 1. The third-order valence-corrected chi connectivity index (χ3v) is 3.87. The monoisotopic (exact) mass is 313 g/mol. The van der Waals surface area contributed by atoms with Gasteiger partial charge < -0.3 is 15.2 Å². The molecule has 2 rings (SSSR count). The summed E-state index contributed by atoms with van der Waals surface area (Å²) in [5.74, 6) is 1.92. The number of benzene rings is 1. The van der Waals surface area contributed by atoms with Crippen molar-refractivity contribution in [1.29, 1.82) is 0 Å². The maximum atomic E-state index is 5.87. The highest BCUT2D eigenvalue weighted by atomic mass is 79.9. The van der Waals surface area contributed by atoms with Crippen LogP contribution in [0.4, 0.5) is 0 Å². The first-order chi connectivity index (χ1) is 8.43. The molecule has 1 aromatic carbocycles. The summed E-state index contributed by atoms with van der Waals surface area (Å²) < 4.78 is 12.7. The first-order valence-corrected chi connectivity index (χ1v) is 7.01. The second-order valence-corrected chi connectivity index (χ2v) is 6.55. The summed E-state index contributed by atoms with van der Waals surface area (Å²) >= 11 is 3.58. The van der Waals surface area contributed by atoms with E-state index in [1.54, 1.807) is 0 Å². The topological polar surface area (TPSA) is 44.5 Å². The maximum Gasteiger partial charge on any atom is 0.162 e. The van der Waals surface area contributed by atoms with Crippen molar-refractivity contribution in [3.8, 4) is 11.5 Å². The van der Waals surface area contributed by atoms with Crippen molar-refractivity contribution in [3.05, 3.63) is 22.2 Å². The lowest BCUT2D eigenvalue weighted by Crippen LogP contribution is -2.26. The minimum Gasteiger partial charge on any atom is -0.489 e. The van der Waals surface area contributed by atoms with Crippen LogP contribution in [-0.4, -0.2) is 19.8 Å². The number of rotatable bonds is 2. The predicted octanol–water partition coefficient (Wildman–Crippen LogP) is 3.31. The third-order valence-electron chi connectivity index (χ3n) is 3.18. The Bertz CT molecular complexity index is 446. The number of ether oxygens (including phenoxy) is 2. The Morgan fingerprint density at radius 3 is 2.39 bits per heavy atom. The minimum absolute atomic E-state index is 0.0329. The predicted molar refractivity (Wildman–Crippen MR) is 76.4 cm³/mol. The second-order valence-electron chi connectivity index (χ2n) is 5.70. The van der Waals surface area contributed by atoms with E-state index in [4.69, 9.17) is 15.2 Å². The van der Waals surface area contributed by atoms with Crippen LogP contribution in [0.3, 0.4) is 0 Å². The van der Waals surface area contributed by atoms with Gasteiger partial charge in [0.1, 0.15) is 0 Å². The van der Waals surface area contributed by atoms with Crippen molar-refractivity contribution < 1.29 is 9.47 Å². The van der Waals surface area contributed by atoms with Crippen LogP contribution in [0.2, 0.25) is 0 Å². The number of halogens is 1. The van der Waals surface area contributed by atoms with E-state index in [9.17, 15) is 0 Å². The molecule has 0 bridgehead atoms. The summed E-state index contributed by atoms with van der Waals surface area (Å²) in [7, 11) is 0. The molecule has 2 N–H and O–H groups in total. The van der Waals surface area contributed by atoms with Crippen LogP contribution in [-0.2, 0) is 0 Å². The lowest BCUT2D eigenvalue weighted by molar-refractivity contribution is 0.140. The summed E-state index contributed by atoms with van der Waals surface area (Å²) in [6.45, 7) is 8.32. The van der Waals surface area contributed by atoms with Crippen LogP contribution in [0.15, 0.2) is 16.6 Å². The van der Waals surface area contributed by atoms with E-state index in [1.165, 1.54) is 5.56 Å². The molecule has 100 valence electrons. The van der Waals surface area contributed by atoms with E-state index in [2.05, 4.69) is 36.7 Å². The zero-order chi connectivity index (χ0) is 13.3. The van der Waals surface area contributed by atoms with Crippen LogP contribution < -0.4 is 15.2 Å². The van der Waals surface area contributed by atoms with Crippen molar-refractivity contribution in [3.63, 3.8) is 0 Å². The molecule has 18 heavy (non-hydrogen) atoms. The third kappa shape index (κ3) is 2.81. The fourth-order valence-electron chi connectivity index (χ4n) is 1.87. The SMILES string of the molecule is CC(CN)c1cc2c(cc1Br)OCC(C)(C)CO2. The molecule has 0 spiro atoms. The molecule has 0 radical (unpaired) electrons. The normalized spacial score (nSPS) is 19.2. The van der Waals surface area contributed by atoms with Crippen LogP contribution in [0, 0.1) is 5.41 Å². The van der Waals surface area contributed by atoms with Gasteiger partial charge in [-0.2, -0.15) is 0 Å². The fourth-order valence-corrected chi connectivity index (χ4v) is 2.58. The van der Waals surface area contributed by atoms with Crippen molar-refractivity contribution >= 4 is 15.9 Å². The molecule has 0 saturated carbocycles. The first kappa shape index (κ1) is 13.7. The van der Waals surface area contributed by atoms with E-state index >= 15 is 0 Å². The first-order valence-electron chi connectivity index (χ1n) is 6.22. The molecule has 0 amide bonds. The molecule has 1 aliphatic heterocycles. The van der Waals surface area contributed by atoms with Gasteiger partial charge in [-0.25, -0.2) is 0 Å². The molecule has 0 aliphatic carbocycles. The van der Waals surface area contributed by atoms with E-state index in [1.807, 2.05) is 12.1 Å². The van der Waals surface area contributed by atoms with Crippen molar-refractivity contribution in [1.82, 2.24) is 0 Å². The Balaban J connectivity index is 2.35. The van der Waals surface area contributed by atoms with Gasteiger partial charge in [-0.1, -0.05) is 36.7 Å². The largest absolute Gasteiger partial charge is 0.489 e. The Labute approximate surface area is 117 Å². The zero-order valence-corrected chi connectivity index (χ0v) is 12.7. The molecule has 1 atom stereocenters. The highest BCUT2D eigenvalue weighted by Crippen LogP contribution is 2.39. The smallest absolute Gasteiger partial charge is 0.162 e. The van der Waals surface area contributed by atoms with E-state index in [0.29, 0.717) is 25.7 Å². The highest BCUT2D eigenvalue weighted by molar-refractivity contribution is 9.10. The molecule has 4 heteroatoms. The molecule has 1 heterocycles. The maximum absolute atomic E-state index is 5.87. The molecule has 0 aromatic heterocycles. The van der Waals surface area contributed by atoms with Crippen LogP contribution >= 0.6 is 15.9 Å². The minimum atomic E-state index is 0.0329. The lowest BCUT2D eigenvalue weighted by Gasteiger charge is -2.19. The van der Waals surface area contributed by atoms with E-state index in [-0.39, 0.29) is 5.41 Å². The van der Waals surface area contributed by atoms with Gasteiger partial charge in [-0.05, 0) is 30.2 Å². The molecule has 1 unspecified atom stereocenters. The van der Waals surface area contributed by atoms with Gasteiger partial charge in [0.05, 0.1) is 13.2 Å². The Kier molecular flexibility index (Phi) is 3.87. The standard InChI is InChI=1S/C14H20BrNO2/c1-9(6-16)10-4-12-13(5-11(10)15)18-8-14(2,3)7-17-12/h4-5,9H,6-8,16H2,1-3H3. The fraction of sp³-hybridized carbons (Fsp3) is 0.571. The summed E-state index contributed by atoms with van der Waals surface area (Å²) in [6.07, 6.45) is 0. The summed E-state index contributed by atoms with van der Waals surface area (Å²) in [6, 6.07) is 4.02. The molecule has 3 nitrogen and oxygen atoms in total. The average molecular weight is 314 g/mol. The van der Waals surface area contributed by atoms with Crippen molar-refractivity contribution in [2.75, 3.05) is 19.8 Å².